The van der Waals surface area contributed by atoms with Gasteiger partial charge < -0.3 is 5.32 Å². The molecule has 0 amide bonds. The lowest BCUT2D eigenvalue weighted by Gasteiger charge is -2.38. The van der Waals surface area contributed by atoms with Gasteiger partial charge in [-0.05, 0) is 54.2 Å². The van der Waals surface area contributed by atoms with Gasteiger partial charge >= 0.3 is 0 Å². The number of nitrogens with one attached hydrogen (secondary N) is 1. The molecule has 0 radical (unpaired) electrons. The van der Waals surface area contributed by atoms with Crippen LogP contribution in [0.1, 0.15) is 55.7 Å². The van der Waals surface area contributed by atoms with Gasteiger partial charge in [0.05, 0.1) is 0 Å². The molecule has 0 saturated carbocycles. The van der Waals surface area contributed by atoms with Crippen LogP contribution in [0.5, 0.6) is 0 Å². The van der Waals surface area contributed by atoms with Crippen molar-refractivity contribution in [1.29, 1.82) is 0 Å². The summed E-state index contributed by atoms with van der Waals surface area (Å²) in [5, 5.41) is 6.02. The van der Waals surface area contributed by atoms with Gasteiger partial charge in [-0.3, -0.25) is 0 Å². The van der Waals surface area contributed by atoms with E-state index >= 15 is 0 Å². The Hall–Kier alpha value is -1.12. The minimum Gasteiger partial charge on any atom is -0.307 e. The molecule has 0 saturated heterocycles. The molecule has 2 heteroatoms. The summed E-state index contributed by atoms with van der Waals surface area (Å²) in [4.78, 5) is 1.47. The first kappa shape index (κ1) is 14.8. The highest BCUT2D eigenvalue weighted by atomic mass is 32.1. The van der Waals surface area contributed by atoms with Gasteiger partial charge in [0, 0.05) is 17.0 Å². The van der Waals surface area contributed by atoms with Crippen molar-refractivity contribution < 1.29 is 0 Å². The Labute approximate surface area is 132 Å². The molecule has 1 aliphatic rings. The van der Waals surface area contributed by atoms with Gasteiger partial charge in [-0.2, -0.15) is 0 Å². The van der Waals surface area contributed by atoms with E-state index in [0.29, 0.717) is 17.5 Å². The average molecular weight is 299 g/mol. The summed E-state index contributed by atoms with van der Waals surface area (Å²) in [6.07, 6.45) is 3.62. The lowest BCUT2D eigenvalue weighted by molar-refractivity contribution is 0.337. The van der Waals surface area contributed by atoms with E-state index in [2.05, 4.69) is 67.9 Å². The van der Waals surface area contributed by atoms with Crippen LogP contribution in [0.3, 0.4) is 0 Å². The zero-order valence-corrected chi connectivity index (χ0v) is 14.0. The van der Waals surface area contributed by atoms with Crippen molar-refractivity contribution in [3.63, 3.8) is 0 Å². The maximum absolute atomic E-state index is 3.86. The van der Waals surface area contributed by atoms with Crippen molar-refractivity contribution in [3.05, 3.63) is 57.8 Å². The SMILES string of the molecule is CC(Cc1cccs1)NC1CCC(C)(C)c2ccccc21. The summed E-state index contributed by atoms with van der Waals surface area (Å²) in [5.74, 6) is 0. The second-order valence-corrected chi connectivity index (χ2v) is 7.95. The molecule has 112 valence electrons. The molecule has 1 aromatic heterocycles. The fourth-order valence-corrected chi connectivity index (χ4v) is 4.35. The van der Waals surface area contributed by atoms with Gasteiger partial charge in [0.25, 0.3) is 0 Å². The number of fused-ring (bicyclic) bond motifs is 1. The van der Waals surface area contributed by atoms with Crippen LogP contribution in [0.15, 0.2) is 41.8 Å². The van der Waals surface area contributed by atoms with Crippen LogP contribution in [0.25, 0.3) is 0 Å². The fraction of sp³-hybridized carbons (Fsp3) is 0.474. The van der Waals surface area contributed by atoms with E-state index in [4.69, 9.17) is 0 Å². The highest BCUT2D eigenvalue weighted by molar-refractivity contribution is 7.09. The van der Waals surface area contributed by atoms with Gasteiger partial charge in [-0.15, -0.1) is 11.3 Å². The van der Waals surface area contributed by atoms with E-state index in [-0.39, 0.29) is 0 Å². The Kier molecular flexibility index (Phi) is 4.19. The molecular formula is C19H25NS. The summed E-state index contributed by atoms with van der Waals surface area (Å²) in [7, 11) is 0. The largest absolute Gasteiger partial charge is 0.307 e. The smallest absolute Gasteiger partial charge is 0.0325 e. The van der Waals surface area contributed by atoms with Crippen molar-refractivity contribution in [2.24, 2.45) is 0 Å². The topological polar surface area (TPSA) is 12.0 Å². The first-order chi connectivity index (χ1) is 10.1. The highest BCUT2D eigenvalue weighted by Gasteiger charge is 2.32. The Morgan fingerprint density at radius 1 is 1.24 bits per heavy atom. The summed E-state index contributed by atoms with van der Waals surface area (Å²) in [6.45, 7) is 7.05. The van der Waals surface area contributed by atoms with Crippen LogP contribution < -0.4 is 5.32 Å². The maximum Gasteiger partial charge on any atom is 0.0325 e. The first-order valence-electron chi connectivity index (χ1n) is 7.94. The summed E-state index contributed by atoms with van der Waals surface area (Å²) >= 11 is 1.86. The zero-order chi connectivity index (χ0) is 14.9. The summed E-state index contributed by atoms with van der Waals surface area (Å²) < 4.78 is 0. The van der Waals surface area contributed by atoms with Crippen molar-refractivity contribution in [3.8, 4) is 0 Å². The maximum atomic E-state index is 3.86. The highest BCUT2D eigenvalue weighted by Crippen LogP contribution is 2.41. The van der Waals surface area contributed by atoms with E-state index in [1.807, 2.05) is 11.3 Å². The quantitative estimate of drug-likeness (QED) is 0.830. The molecule has 1 nitrogen and oxygen atoms in total. The zero-order valence-electron chi connectivity index (χ0n) is 13.2. The number of rotatable bonds is 4. The van der Waals surface area contributed by atoms with Gasteiger partial charge in [-0.1, -0.05) is 44.2 Å². The molecule has 2 unspecified atom stereocenters. The van der Waals surface area contributed by atoms with Crippen molar-refractivity contribution >= 4 is 11.3 Å². The minimum atomic E-state index is 0.311. The van der Waals surface area contributed by atoms with Crippen LogP contribution in [0.4, 0.5) is 0 Å². The third-order valence-corrected chi connectivity index (χ3v) is 5.60. The molecule has 2 aromatic rings. The second-order valence-electron chi connectivity index (χ2n) is 6.91. The Morgan fingerprint density at radius 2 is 2.05 bits per heavy atom. The number of hydrogen-bond donors (Lipinski definition) is 1. The average Bonchev–Trinajstić information content (AvgIpc) is 2.95. The lowest BCUT2D eigenvalue weighted by atomic mass is 9.71. The van der Waals surface area contributed by atoms with Gasteiger partial charge in [0.15, 0.2) is 0 Å². The van der Waals surface area contributed by atoms with Crippen LogP contribution in [0, 0.1) is 0 Å². The van der Waals surface area contributed by atoms with E-state index in [1.54, 1.807) is 0 Å². The van der Waals surface area contributed by atoms with E-state index in [9.17, 15) is 0 Å². The van der Waals surface area contributed by atoms with Crippen molar-refractivity contribution in [2.75, 3.05) is 0 Å². The van der Waals surface area contributed by atoms with E-state index in [0.717, 1.165) is 6.42 Å². The first-order valence-corrected chi connectivity index (χ1v) is 8.82. The number of thiophene rings is 1. The van der Waals surface area contributed by atoms with Crippen LogP contribution in [-0.2, 0) is 11.8 Å². The predicted octanol–water partition coefficient (Wildman–Crippen LogP) is 5.08. The van der Waals surface area contributed by atoms with E-state index < -0.39 is 0 Å². The Bertz CT molecular complexity index is 585. The summed E-state index contributed by atoms with van der Waals surface area (Å²) in [5.41, 5.74) is 3.34. The minimum absolute atomic E-state index is 0.311. The number of benzene rings is 1. The van der Waals surface area contributed by atoms with Crippen molar-refractivity contribution in [1.82, 2.24) is 5.32 Å². The normalized spacial score (nSPS) is 21.8. The lowest BCUT2D eigenvalue weighted by Crippen LogP contribution is -2.37. The fourth-order valence-electron chi connectivity index (χ4n) is 3.52. The van der Waals surface area contributed by atoms with Crippen LogP contribution in [0.2, 0.25) is 0 Å². The van der Waals surface area contributed by atoms with Gasteiger partial charge in [0.1, 0.15) is 0 Å². The second kappa shape index (κ2) is 5.94. The third kappa shape index (κ3) is 3.22. The van der Waals surface area contributed by atoms with Crippen molar-refractivity contribution in [2.45, 2.75) is 57.5 Å². The Balaban J connectivity index is 1.74. The standard InChI is InChI=1S/C19H25NS/c1-14(13-15-7-6-12-21-15)20-18-10-11-19(2,3)17-9-5-4-8-16(17)18/h4-9,12,14,18,20H,10-11,13H2,1-3H3. The summed E-state index contributed by atoms with van der Waals surface area (Å²) in [6, 6.07) is 14.4. The molecule has 0 fully saturated rings. The number of hydrogen-bond acceptors (Lipinski definition) is 2. The third-order valence-electron chi connectivity index (χ3n) is 4.70. The molecule has 0 aliphatic heterocycles. The predicted molar refractivity (Wildman–Crippen MR) is 92.1 cm³/mol. The molecule has 21 heavy (non-hydrogen) atoms. The molecule has 2 atom stereocenters. The molecule has 1 aliphatic carbocycles. The monoisotopic (exact) mass is 299 g/mol. The van der Waals surface area contributed by atoms with Gasteiger partial charge in [0.2, 0.25) is 0 Å². The molecular weight excluding hydrogens is 274 g/mol. The molecule has 3 rings (SSSR count). The Morgan fingerprint density at radius 3 is 2.81 bits per heavy atom. The van der Waals surface area contributed by atoms with Gasteiger partial charge in [-0.25, -0.2) is 0 Å². The van der Waals surface area contributed by atoms with E-state index in [1.165, 1.54) is 28.8 Å². The molecule has 1 heterocycles. The molecule has 1 N–H and O–H groups in total. The molecule has 1 aromatic carbocycles. The van der Waals surface area contributed by atoms with Crippen LogP contribution in [-0.4, -0.2) is 6.04 Å². The van der Waals surface area contributed by atoms with Crippen LogP contribution >= 0.6 is 11.3 Å². The molecule has 0 bridgehead atoms. The molecule has 0 spiro atoms.